The fourth-order valence-corrected chi connectivity index (χ4v) is 3.84. The first-order valence-electron chi connectivity index (χ1n) is 8.97. The van der Waals surface area contributed by atoms with Crippen LogP contribution in [0.5, 0.6) is 0 Å². The van der Waals surface area contributed by atoms with Crippen molar-refractivity contribution in [3.63, 3.8) is 0 Å². The highest BCUT2D eigenvalue weighted by atomic mass is 15.0. The minimum atomic E-state index is 0.948. The van der Waals surface area contributed by atoms with E-state index in [0.29, 0.717) is 0 Å². The van der Waals surface area contributed by atoms with Gasteiger partial charge in [-0.15, -0.1) is 0 Å². The zero-order chi connectivity index (χ0) is 17.6. The van der Waals surface area contributed by atoms with Crippen molar-refractivity contribution < 1.29 is 0 Å². The molecule has 2 heteroatoms. The molecule has 2 aromatic carbocycles. The van der Waals surface area contributed by atoms with Gasteiger partial charge in [0.1, 0.15) is 0 Å². The van der Waals surface area contributed by atoms with E-state index in [1.54, 1.807) is 0 Å². The number of hydrogen-bond donors (Lipinski definition) is 0. The Bertz CT molecular complexity index is 1030. The molecule has 0 N–H and O–H groups in total. The molecule has 0 spiro atoms. The average Bonchev–Trinajstić information content (AvgIpc) is 2.96. The van der Waals surface area contributed by atoms with E-state index in [2.05, 4.69) is 80.8 Å². The second-order valence-electron chi connectivity index (χ2n) is 6.95. The molecule has 2 aromatic heterocycles. The number of benzene rings is 2. The number of fused-ring (bicyclic) bond motifs is 3. The van der Waals surface area contributed by atoms with E-state index >= 15 is 0 Å². The smallest absolute Gasteiger partial charge is 0.0491 e. The number of pyridine rings is 1. The van der Waals surface area contributed by atoms with Crippen LogP contribution in [-0.2, 0) is 13.0 Å². The summed E-state index contributed by atoms with van der Waals surface area (Å²) < 4.78 is 2.44. The molecule has 4 aromatic rings. The molecule has 0 aliphatic carbocycles. The number of aromatic nitrogens is 2. The summed E-state index contributed by atoms with van der Waals surface area (Å²) in [5.41, 5.74) is 9.03. The minimum absolute atomic E-state index is 0.948. The molecule has 2 heterocycles. The molecule has 0 amide bonds. The van der Waals surface area contributed by atoms with Gasteiger partial charge in [0.25, 0.3) is 0 Å². The standard InChI is InChI=1S/C23H24N2/c1-15-16(2)18(4)24-21(17(15)3)13-14-25-22-11-7-5-9-19(22)20-10-6-8-12-23(20)25/h5-12H,13-14H2,1-4H3. The summed E-state index contributed by atoms with van der Waals surface area (Å²) in [6.07, 6.45) is 0.955. The van der Waals surface area contributed by atoms with Crippen molar-refractivity contribution in [2.45, 2.75) is 40.7 Å². The molecule has 0 atom stereocenters. The van der Waals surface area contributed by atoms with Gasteiger partial charge in [-0.25, -0.2) is 0 Å². The molecule has 0 saturated carbocycles. The summed E-state index contributed by atoms with van der Waals surface area (Å²) in [5.74, 6) is 0. The van der Waals surface area contributed by atoms with Crippen LogP contribution in [0.4, 0.5) is 0 Å². The normalized spacial score (nSPS) is 11.5. The molecular weight excluding hydrogens is 304 g/mol. The van der Waals surface area contributed by atoms with E-state index in [1.807, 2.05) is 0 Å². The maximum Gasteiger partial charge on any atom is 0.0491 e. The van der Waals surface area contributed by atoms with E-state index in [4.69, 9.17) is 4.98 Å². The molecule has 0 unspecified atom stereocenters. The van der Waals surface area contributed by atoms with Crippen LogP contribution >= 0.6 is 0 Å². The minimum Gasteiger partial charge on any atom is -0.340 e. The van der Waals surface area contributed by atoms with E-state index in [-0.39, 0.29) is 0 Å². The Morgan fingerprint density at radius 2 is 1.28 bits per heavy atom. The Kier molecular flexibility index (Phi) is 3.84. The molecule has 126 valence electrons. The van der Waals surface area contributed by atoms with Gasteiger partial charge < -0.3 is 4.57 Å². The lowest BCUT2D eigenvalue weighted by atomic mass is 10.0. The number of aryl methyl sites for hydroxylation is 3. The Labute approximate surface area is 149 Å². The van der Waals surface area contributed by atoms with Gasteiger partial charge in [-0.05, 0) is 56.5 Å². The summed E-state index contributed by atoms with van der Waals surface area (Å²) in [4.78, 5) is 4.88. The second kappa shape index (κ2) is 6.03. The van der Waals surface area contributed by atoms with Gasteiger partial charge in [-0.1, -0.05) is 36.4 Å². The highest BCUT2D eigenvalue weighted by molar-refractivity contribution is 6.07. The molecule has 0 bridgehead atoms. The molecule has 25 heavy (non-hydrogen) atoms. The van der Waals surface area contributed by atoms with Crippen LogP contribution in [0.3, 0.4) is 0 Å². The summed E-state index contributed by atoms with van der Waals surface area (Å²) in [7, 11) is 0. The lowest BCUT2D eigenvalue weighted by molar-refractivity contribution is 0.722. The van der Waals surface area contributed by atoms with Gasteiger partial charge in [0.15, 0.2) is 0 Å². The second-order valence-corrected chi connectivity index (χ2v) is 6.95. The van der Waals surface area contributed by atoms with Crippen LogP contribution in [0.15, 0.2) is 48.5 Å². The largest absolute Gasteiger partial charge is 0.340 e. The first-order valence-corrected chi connectivity index (χ1v) is 8.97. The predicted octanol–water partition coefficient (Wildman–Crippen LogP) is 5.67. The van der Waals surface area contributed by atoms with Crippen LogP contribution in [0.25, 0.3) is 21.8 Å². The molecule has 0 radical (unpaired) electrons. The predicted molar refractivity (Wildman–Crippen MR) is 106 cm³/mol. The van der Waals surface area contributed by atoms with Gasteiger partial charge in [0.2, 0.25) is 0 Å². The maximum absolute atomic E-state index is 4.88. The Hall–Kier alpha value is -2.61. The van der Waals surface area contributed by atoms with Crippen molar-refractivity contribution in [1.82, 2.24) is 9.55 Å². The van der Waals surface area contributed by atoms with Gasteiger partial charge in [-0.2, -0.15) is 0 Å². The van der Waals surface area contributed by atoms with Crippen molar-refractivity contribution in [2.24, 2.45) is 0 Å². The molecule has 4 rings (SSSR count). The first kappa shape index (κ1) is 15.9. The summed E-state index contributed by atoms with van der Waals surface area (Å²) in [6.45, 7) is 9.65. The third-order valence-electron chi connectivity index (χ3n) is 5.66. The molecule has 0 aliphatic heterocycles. The average molecular weight is 328 g/mol. The van der Waals surface area contributed by atoms with Gasteiger partial charge in [-0.3, -0.25) is 4.98 Å². The zero-order valence-electron chi connectivity index (χ0n) is 15.4. The Morgan fingerprint density at radius 1 is 0.720 bits per heavy atom. The Morgan fingerprint density at radius 3 is 1.88 bits per heavy atom. The zero-order valence-corrected chi connectivity index (χ0v) is 15.4. The third-order valence-corrected chi connectivity index (χ3v) is 5.66. The fraction of sp³-hybridized carbons (Fsp3) is 0.261. The topological polar surface area (TPSA) is 17.8 Å². The van der Waals surface area contributed by atoms with Gasteiger partial charge >= 0.3 is 0 Å². The quantitative estimate of drug-likeness (QED) is 0.474. The first-order chi connectivity index (χ1) is 12.1. The van der Waals surface area contributed by atoms with E-state index < -0.39 is 0 Å². The summed E-state index contributed by atoms with van der Waals surface area (Å²) >= 11 is 0. The van der Waals surface area contributed by atoms with Crippen molar-refractivity contribution in [2.75, 3.05) is 0 Å². The molecule has 0 fully saturated rings. The number of rotatable bonds is 3. The van der Waals surface area contributed by atoms with Crippen LogP contribution in [0, 0.1) is 27.7 Å². The fourth-order valence-electron chi connectivity index (χ4n) is 3.84. The van der Waals surface area contributed by atoms with E-state index in [0.717, 1.165) is 18.7 Å². The Balaban J connectivity index is 1.79. The summed E-state index contributed by atoms with van der Waals surface area (Å²) in [5, 5.41) is 2.66. The number of nitrogens with zero attached hydrogens (tertiary/aromatic N) is 2. The lowest BCUT2D eigenvalue weighted by Crippen LogP contribution is -2.07. The lowest BCUT2D eigenvalue weighted by Gasteiger charge is -2.14. The molecule has 0 saturated heterocycles. The van der Waals surface area contributed by atoms with Crippen molar-refractivity contribution in [3.05, 3.63) is 76.6 Å². The highest BCUT2D eigenvalue weighted by Gasteiger charge is 2.12. The van der Waals surface area contributed by atoms with E-state index in [9.17, 15) is 0 Å². The van der Waals surface area contributed by atoms with Gasteiger partial charge in [0.05, 0.1) is 0 Å². The monoisotopic (exact) mass is 328 g/mol. The van der Waals surface area contributed by atoms with Crippen molar-refractivity contribution in [3.8, 4) is 0 Å². The van der Waals surface area contributed by atoms with E-state index in [1.165, 1.54) is 44.2 Å². The number of hydrogen-bond acceptors (Lipinski definition) is 1. The van der Waals surface area contributed by atoms with Crippen molar-refractivity contribution >= 4 is 21.8 Å². The maximum atomic E-state index is 4.88. The van der Waals surface area contributed by atoms with Gasteiger partial charge in [0, 0.05) is 46.2 Å². The SMILES string of the molecule is Cc1nc(CCn2c3ccccc3c3ccccc32)c(C)c(C)c1C. The van der Waals surface area contributed by atoms with Crippen molar-refractivity contribution in [1.29, 1.82) is 0 Å². The third kappa shape index (κ3) is 2.53. The van der Waals surface area contributed by atoms with Crippen LogP contribution in [-0.4, -0.2) is 9.55 Å². The molecular formula is C23H24N2. The van der Waals surface area contributed by atoms with Crippen LogP contribution in [0.2, 0.25) is 0 Å². The highest BCUT2D eigenvalue weighted by Crippen LogP contribution is 2.29. The van der Waals surface area contributed by atoms with Crippen LogP contribution < -0.4 is 0 Å². The molecule has 2 nitrogen and oxygen atoms in total. The molecule has 0 aliphatic rings. The summed E-state index contributed by atoms with van der Waals surface area (Å²) in [6, 6.07) is 17.4. The van der Waals surface area contributed by atoms with Crippen LogP contribution in [0.1, 0.15) is 28.1 Å². The number of para-hydroxylation sites is 2.